The first-order valence-corrected chi connectivity index (χ1v) is 9.61. The van der Waals surface area contributed by atoms with Gasteiger partial charge in [0.25, 0.3) is 0 Å². The minimum Gasteiger partial charge on any atom is -0.460 e. The molecule has 156 valence electrons. The molecule has 0 aliphatic rings. The number of esters is 1. The molecule has 0 bridgehead atoms. The number of fused-ring (bicyclic) bond motifs is 1. The third-order valence-electron chi connectivity index (χ3n) is 4.99. The van der Waals surface area contributed by atoms with Crippen molar-refractivity contribution in [2.75, 3.05) is 0 Å². The Balaban J connectivity index is 1.62. The van der Waals surface area contributed by atoms with Gasteiger partial charge in [0.15, 0.2) is 0 Å². The highest BCUT2D eigenvalue weighted by Crippen LogP contribution is 2.29. The molecule has 1 heterocycles. The first-order valence-electron chi connectivity index (χ1n) is 9.61. The highest BCUT2D eigenvalue weighted by atomic mass is 19.1. The average Bonchev–Trinajstić information content (AvgIpc) is 2.74. The van der Waals surface area contributed by atoms with Crippen molar-refractivity contribution in [3.63, 3.8) is 0 Å². The molecule has 31 heavy (non-hydrogen) atoms. The van der Waals surface area contributed by atoms with Gasteiger partial charge in [0.05, 0.1) is 10.9 Å². The van der Waals surface area contributed by atoms with Crippen LogP contribution in [0.15, 0.2) is 70.1 Å². The fourth-order valence-corrected chi connectivity index (χ4v) is 3.20. The molecule has 0 unspecified atom stereocenters. The lowest BCUT2D eigenvalue weighted by Gasteiger charge is -2.12. The summed E-state index contributed by atoms with van der Waals surface area (Å²) in [6.45, 7) is 5.86. The number of hydrogen-bond donors (Lipinski definition) is 0. The lowest BCUT2D eigenvalue weighted by Crippen LogP contribution is -2.09. The van der Waals surface area contributed by atoms with Crippen molar-refractivity contribution in [1.82, 2.24) is 0 Å². The van der Waals surface area contributed by atoms with Crippen LogP contribution in [0.3, 0.4) is 0 Å². The maximum Gasteiger partial charge on any atom is 0.343 e. The average molecular weight is 418 g/mol. The number of carbonyl (C=O) groups is 1. The molecule has 4 aromatic rings. The molecule has 0 radical (unpaired) electrons. The maximum atomic E-state index is 13.0. The summed E-state index contributed by atoms with van der Waals surface area (Å²) in [4.78, 5) is 25.1. The minimum atomic E-state index is -0.646. The molecule has 0 saturated heterocycles. The van der Waals surface area contributed by atoms with Crippen molar-refractivity contribution in [2.45, 2.75) is 20.8 Å². The second kappa shape index (κ2) is 8.07. The van der Waals surface area contributed by atoms with E-state index >= 15 is 0 Å². The van der Waals surface area contributed by atoms with Gasteiger partial charge in [0.1, 0.15) is 29.2 Å². The van der Waals surface area contributed by atoms with Crippen LogP contribution in [0.5, 0.6) is 17.2 Å². The van der Waals surface area contributed by atoms with Crippen LogP contribution in [0.1, 0.15) is 27.0 Å². The summed E-state index contributed by atoms with van der Waals surface area (Å²) in [5.74, 6) is -0.237. The van der Waals surface area contributed by atoms with E-state index in [0.29, 0.717) is 11.1 Å². The smallest absolute Gasteiger partial charge is 0.343 e. The summed E-state index contributed by atoms with van der Waals surface area (Å²) >= 11 is 0. The molecule has 0 aliphatic heterocycles. The van der Waals surface area contributed by atoms with Gasteiger partial charge in [-0.2, -0.15) is 0 Å². The number of aryl methyl sites for hydroxylation is 2. The lowest BCUT2D eigenvalue weighted by molar-refractivity contribution is 0.0735. The predicted octanol–water partition coefficient (Wildman–Crippen LogP) is 5.87. The van der Waals surface area contributed by atoms with E-state index < -0.39 is 11.8 Å². The van der Waals surface area contributed by atoms with Crippen molar-refractivity contribution in [3.05, 3.63) is 99.2 Å². The van der Waals surface area contributed by atoms with E-state index in [-0.39, 0.29) is 28.1 Å². The number of carbonyl (C=O) groups excluding carboxylic acids is 1. The van der Waals surface area contributed by atoms with E-state index in [1.54, 1.807) is 0 Å². The van der Waals surface area contributed by atoms with Gasteiger partial charge in [-0.1, -0.05) is 6.07 Å². The molecule has 3 aromatic carbocycles. The molecule has 0 aliphatic carbocycles. The summed E-state index contributed by atoms with van der Waals surface area (Å²) in [5.41, 5.74) is 3.14. The Hall–Kier alpha value is -3.93. The largest absolute Gasteiger partial charge is 0.460 e. The van der Waals surface area contributed by atoms with Gasteiger partial charge in [-0.05, 0) is 79.9 Å². The number of benzene rings is 3. The monoisotopic (exact) mass is 418 g/mol. The Morgan fingerprint density at radius 3 is 2.42 bits per heavy atom. The van der Waals surface area contributed by atoms with Crippen LogP contribution in [-0.4, -0.2) is 5.97 Å². The van der Waals surface area contributed by atoms with Crippen molar-refractivity contribution < 1.29 is 23.1 Å². The second-order valence-corrected chi connectivity index (χ2v) is 7.29. The second-order valence-electron chi connectivity index (χ2n) is 7.29. The van der Waals surface area contributed by atoms with Gasteiger partial charge >= 0.3 is 5.97 Å². The van der Waals surface area contributed by atoms with Gasteiger partial charge in [0.2, 0.25) is 11.2 Å². The van der Waals surface area contributed by atoms with Crippen LogP contribution < -0.4 is 14.9 Å². The fraction of sp³-hybridized carbons (Fsp3) is 0.120. The lowest BCUT2D eigenvalue weighted by atomic mass is 10.1. The van der Waals surface area contributed by atoms with E-state index in [4.69, 9.17) is 13.9 Å². The maximum absolute atomic E-state index is 13.0. The van der Waals surface area contributed by atoms with Gasteiger partial charge in [-0.3, -0.25) is 4.79 Å². The van der Waals surface area contributed by atoms with Crippen molar-refractivity contribution in [3.8, 4) is 17.2 Å². The Labute approximate surface area is 177 Å². The Kier molecular flexibility index (Phi) is 5.29. The molecule has 0 spiro atoms. The van der Waals surface area contributed by atoms with E-state index in [1.165, 1.54) is 48.7 Å². The normalized spacial score (nSPS) is 10.8. The first-order chi connectivity index (χ1) is 14.8. The molecule has 0 amide bonds. The van der Waals surface area contributed by atoms with E-state index in [9.17, 15) is 14.0 Å². The number of ether oxygens (including phenoxy) is 2. The van der Waals surface area contributed by atoms with E-state index in [0.717, 1.165) is 16.7 Å². The molecule has 4 rings (SSSR count). The molecule has 0 N–H and O–H groups in total. The quantitative estimate of drug-likeness (QED) is 0.306. The molecule has 5 nitrogen and oxygen atoms in total. The van der Waals surface area contributed by atoms with E-state index in [1.807, 2.05) is 32.9 Å². The molecular weight excluding hydrogens is 399 g/mol. The summed E-state index contributed by atoms with van der Waals surface area (Å²) in [6, 6.07) is 13.4. The third-order valence-corrected chi connectivity index (χ3v) is 4.99. The Morgan fingerprint density at radius 1 is 0.935 bits per heavy atom. The standard InChI is InChI=1S/C25H19FO5/c1-14-10-15(2)16(3)21(11-14)31-23-13-29-22-12-19(8-9-20(22)24(23)27)30-25(28)17-4-6-18(26)7-5-17/h4-13H,1-3H3. The summed E-state index contributed by atoms with van der Waals surface area (Å²) < 4.78 is 29.7. The van der Waals surface area contributed by atoms with Gasteiger partial charge < -0.3 is 13.9 Å². The van der Waals surface area contributed by atoms with Crippen LogP contribution in [0.4, 0.5) is 4.39 Å². The number of halogens is 1. The third kappa shape index (κ3) is 4.19. The zero-order valence-corrected chi connectivity index (χ0v) is 17.2. The van der Waals surface area contributed by atoms with Crippen LogP contribution in [0.2, 0.25) is 0 Å². The number of hydrogen-bond acceptors (Lipinski definition) is 5. The van der Waals surface area contributed by atoms with Crippen molar-refractivity contribution in [2.24, 2.45) is 0 Å². The van der Waals surface area contributed by atoms with Crippen molar-refractivity contribution >= 4 is 16.9 Å². The SMILES string of the molecule is Cc1cc(C)c(C)c(Oc2coc3cc(OC(=O)c4ccc(F)cc4)ccc3c2=O)c1. The van der Waals surface area contributed by atoms with Crippen LogP contribution in [0.25, 0.3) is 11.0 Å². The Morgan fingerprint density at radius 2 is 1.68 bits per heavy atom. The zero-order chi connectivity index (χ0) is 22.1. The van der Waals surface area contributed by atoms with Crippen molar-refractivity contribution in [1.29, 1.82) is 0 Å². The summed E-state index contributed by atoms with van der Waals surface area (Å²) in [6.07, 6.45) is 1.24. The van der Waals surface area contributed by atoms with Crippen LogP contribution in [0, 0.1) is 26.6 Å². The summed E-state index contributed by atoms with van der Waals surface area (Å²) in [5, 5.41) is 0.293. The molecule has 0 saturated carbocycles. The predicted molar refractivity (Wildman–Crippen MR) is 115 cm³/mol. The zero-order valence-electron chi connectivity index (χ0n) is 17.2. The highest BCUT2D eigenvalue weighted by Gasteiger charge is 2.14. The van der Waals surface area contributed by atoms with Crippen LogP contribution >= 0.6 is 0 Å². The molecule has 0 fully saturated rings. The summed E-state index contributed by atoms with van der Waals surface area (Å²) in [7, 11) is 0. The fourth-order valence-electron chi connectivity index (χ4n) is 3.20. The minimum absolute atomic E-state index is 0.0663. The Bertz CT molecular complexity index is 1350. The number of rotatable bonds is 4. The molecular formula is C25H19FO5. The molecule has 0 atom stereocenters. The molecule has 1 aromatic heterocycles. The highest BCUT2D eigenvalue weighted by molar-refractivity contribution is 5.91. The van der Waals surface area contributed by atoms with Crippen LogP contribution in [-0.2, 0) is 0 Å². The van der Waals surface area contributed by atoms with Gasteiger partial charge in [-0.15, -0.1) is 0 Å². The molecule has 6 heteroatoms. The topological polar surface area (TPSA) is 65.7 Å². The van der Waals surface area contributed by atoms with Gasteiger partial charge in [-0.25, -0.2) is 9.18 Å². The van der Waals surface area contributed by atoms with Gasteiger partial charge in [0, 0.05) is 6.07 Å². The first kappa shape index (κ1) is 20.3. The van der Waals surface area contributed by atoms with E-state index in [2.05, 4.69) is 0 Å².